The number of hydrogen-bond donors (Lipinski definition) is 2. The highest BCUT2D eigenvalue weighted by molar-refractivity contribution is 5.83. The topological polar surface area (TPSA) is 55.1 Å². The number of primary amides is 1. The molecule has 0 spiro atoms. The first kappa shape index (κ1) is 15.0. The van der Waals surface area contributed by atoms with E-state index in [4.69, 9.17) is 5.73 Å². The van der Waals surface area contributed by atoms with E-state index in [9.17, 15) is 4.79 Å². The third kappa shape index (κ3) is 3.80. The molecule has 0 aliphatic heterocycles. The maximum absolute atomic E-state index is 11.6. The first-order valence-electron chi connectivity index (χ1n) is 6.90. The van der Waals surface area contributed by atoms with Gasteiger partial charge in [-0.05, 0) is 18.1 Å². The average molecular weight is 280 g/mol. The Morgan fingerprint density at radius 1 is 1.00 bits per heavy atom. The van der Waals surface area contributed by atoms with Gasteiger partial charge in [0, 0.05) is 0 Å². The summed E-state index contributed by atoms with van der Waals surface area (Å²) in [5, 5.41) is 3.31. The summed E-state index contributed by atoms with van der Waals surface area (Å²) in [5.41, 5.74) is 8.35. The van der Waals surface area contributed by atoms with Gasteiger partial charge in [0.05, 0.1) is 6.04 Å². The molecular weight excluding hydrogens is 260 g/mol. The molecule has 3 nitrogen and oxygen atoms in total. The van der Waals surface area contributed by atoms with Gasteiger partial charge in [-0.2, -0.15) is 0 Å². The molecule has 3 N–H and O–H groups in total. The third-order valence-electron chi connectivity index (χ3n) is 3.38. The molecule has 0 aliphatic rings. The van der Waals surface area contributed by atoms with Gasteiger partial charge in [-0.25, -0.2) is 0 Å². The molecular formula is C18H20N2O. The Labute approximate surface area is 125 Å². The summed E-state index contributed by atoms with van der Waals surface area (Å²) in [6.07, 6.45) is 0. The number of rotatable bonds is 6. The number of nitrogens with one attached hydrogen (secondary N) is 1. The minimum Gasteiger partial charge on any atom is -0.368 e. The van der Waals surface area contributed by atoms with Crippen LogP contribution in [0, 0.1) is 0 Å². The number of benzene rings is 2. The van der Waals surface area contributed by atoms with E-state index < -0.39 is 11.9 Å². The van der Waals surface area contributed by atoms with Crippen molar-refractivity contribution in [2.24, 2.45) is 5.73 Å². The SMILES string of the molecule is C=C(C)[C@H](NC(c1ccccc1)c1ccccc1)C(N)=O. The molecule has 2 aromatic rings. The fourth-order valence-corrected chi connectivity index (χ4v) is 2.31. The highest BCUT2D eigenvalue weighted by Gasteiger charge is 2.22. The molecule has 0 aromatic heterocycles. The number of nitrogens with two attached hydrogens (primary N) is 1. The van der Waals surface area contributed by atoms with Gasteiger partial charge in [-0.1, -0.05) is 72.8 Å². The van der Waals surface area contributed by atoms with Crippen molar-refractivity contribution in [3.8, 4) is 0 Å². The molecule has 2 aromatic carbocycles. The third-order valence-corrected chi connectivity index (χ3v) is 3.38. The van der Waals surface area contributed by atoms with E-state index in [1.165, 1.54) is 0 Å². The lowest BCUT2D eigenvalue weighted by molar-refractivity contribution is -0.119. The van der Waals surface area contributed by atoms with Crippen LogP contribution < -0.4 is 11.1 Å². The van der Waals surface area contributed by atoms with Crippen molar-refractivity contribution in [2.75, 3.05) is 0 Å². The minimum atomic E-state index is -0.560. The van der Waals surface area contributed by atoms with Gasteiger partial charge >= 0.3 is 0 Å². The van der Waals surface area contributed by atoms with Crippen molar-refractivity contribution in [3.05, 3.63) is 83.9 Å². The second-order valence-corrected chi connectivity index (χ2v) is 5.10. The van der Waals surface area contributed by atoms with E-state index in [0.717, 1.165) is 11.1 Å². The van der Waals surface area contributed by atoms with Crippen LogP contribution in [0.2, 0.25) is 0 Å². The van der Waals surface area contributed by atoms with Gasteiger partial charge in [-0.3, -0.25) is 10.1 Å². The fraction of sp³-hybridized carbons (Fsp3) is 0.167. The summed E-state index contributed by atoms with van der Waals surface area (Å²) < 4.78 is 0. The Hall–Kier alpha value is -2.39. The zero-order valence-electron chi connectivity index (χ0n) is 12.1. The molecule has 0 saturated heterocycles. The maximum Gasteiger partial charge on any atom is 0.238 e. The van der Waals surface area contributed by atoms with Crippen LogP contribution in [0.1, 0.15) is 24.1 Å². The first-order valence-corrected chi connectivity index (χ1v) is 6.90. The van der Waals surface area contributed by atoms with Crippen molar-refractivity contribution >= 4 is 5.91 Å². The molecule has 21 heavy (non-hydrogen) atoms. The van der Waals surface area contributed by atoms with Crippen LogP contribution in [0.25, 0.3) is 0 Å². The van der Waals surface area contributed by atoms with Crippen molar-refractivity contribution < 1.29 is 4.79 Å². The zero-order valence-corrected chi connectivity index (χ0v) is 12.1. The van der Waals surface area contributed by atoms with E-state index in [2.05, 4.69) is 11.9 Å². The molecule has 1 atom stereocenters. The summed E-state index contributed by atoms with van der Waals surface area (Å²) in [4.78, 5) is 11.6. The van der Waals surface area contributed by atoms with Gasteiger partial charge in [0.15, 0.2) is 0 Å². The first-order chi connectivity index (χ1) is 10.1. The maximum atomic E-state index is 11.6. The minimum absolute atomic E-state index is 0.110. The smallest absolute Gasteiger partial charge is 0.238 e. The number of amides is 1. The molecule has 0 fully saturated rings. The Morgan fingerprint density at radius 2 is 1.43 bits per heavy atom. The van der Waals surface area contributed by atoms with E-state index in [0.29, 0.717) is 5.57 Å². The van der Waals surface area contributed by atoms with Gasteiger partial charge in [0.1, 0.15) is 6.04 Å². The lowest BCUT2D eigenvalue weighted by Crippen LogP contribution is -2.44. The molecule has 2 rings (SSSR count). The van der Waals surface area contributed by atoms with E-state index in [1.54, 1.807) is 6.92 Å². The zero-order chi connectivity index (χ0) is 15.2. The Morgan fingerprint density at radius 3 is 1.76 bits per heavy atom. The van der Waals surface area contributed by atoms with E-state index >= 15 is 0 Å². The monoisotopic (exact) mass is 280 g/mol. The normalized spacial score (nSPS) is 12.1. The van der Waals surface area contributed by atoms with Gasteiger partial charge in [0.25, 0.3) is 0 Å². The Bertz CT molecular complexity index is 554. The summed E-state index contributed by atoms with van der Waals surface area (Å²) in [6, 6.07) is 19.3. The number of carbonyl (C=O) groups excluding carboxylic acids is 1. The second-order valence-electron chi connectivity index (χ2n) is 5.10. The van der Waals surface area contributed by atoms with Gasteiger partial charge in [0.2, 0.25) is 5.91 Å². The molecule has 0 aliphatic carbocycles. The highest BCUT2D eigenvalue weighted by atomic mass is 16.1. The van der Waals surface area contributed by atoms with Crippen LogP contribution >= 0.6 is 0 Å². The standard InChI is InChI=1S/C18H20N2O/c1-13(2)16(18(19)21)20-17(14-9-5-3-6-10-14)15-11-7-4-8-12-15/h3-12,16-17,20H,1H2,2H3,(H2,19,21)/t16-/m0/s1. The van der Waals surface area contributed by atoms with Crippen LogP contribution in [0.5, 0.6) is 0 Å². The quantitative estimate of drug-likeness (QED) is 0.799. The second kappa shape index (κ2) is 6.86. The van der Waals surface area contributed by atoms with Crippen LogP contribution in [-0.2, 0) is 4.79 Å². The molecule has 0 radical (unpaired) electrons. The van der Waals surface area contributed by atoms with E-state index in [-0.39, 0.29) is 6.04 Å². The number of carbonyl (C=O) groups is 1. The van der Waals surface area contributed by atoms with Gasteiger partial charge in [-0.15, -0.1) is 0 Å². The molecule has 0 bridgehead atoms. The fourth-order valence-electron chi connectivity index (χ4n) is 2.31. The largest absolute Gasteiger partial charge is 0.368 e. The summed E-state index contributed by atoms with van der Waals surface area (Å²) in [6.45, 7) is 5.65. The predicted molar refractivity (Wildman–Crippen MR) is 85.7 cm³/mol. The van der Waals surface area contributed by atoms with Crippen molar-refractivity contribution in [3.63, 3.8) is 0 Å². The summed E-state index contributed by atoms with van der Waals surface area (Å²) >= 11 is 0. The van der Waals surface area contributed by atoms with Crippen molar-refractivity contribution in [1.82, 2.24) is 5.32 Å². The van der Waals surface area contributed by atoms with Crippen LogP contribution in [0.3, 0.4) is 0 Å². The molecule has 108 valence electrons. The van der Waals surface area contributed by atoms with Crippen LogP contribution in [0.15, 0.2) is 72.8 Å². The molecule has 0 unspecified atom stereocenters. The number of hydrogen-bond acceptors (Lipinski definition) is 2. The Kier molecular flexibility index (Phi) is 4.90. The molecule has 3 heteroatoms. The molecule has 0 saturated carbocycles. The predicted octanol–water partition coefficient (Wildman–Crippen LogP) is 2.80. The summed E-state index contributed by atoms with van der Waals surface area (Å²) in [7, 11) is 0. The highest BCUT2D eigenvalue weighted by Crippen LogP contribution is 2.23. The average Bonchev–Trinajstić information content (AvgIpc) is 2.49. The lowest BCUT2D eigenvalue weighted by atomic mass is 9.96. The van der Waals surface area contributed by atoms with Crippen molar-refractivity contribution in [2.45, 2.75) is 19.0 Å². The van der Waals surface area contributed by atoms with E-state index in [1.807, 2.05) is 60.7 Å². The molecule has 0 heterocycles. The van der Waals surface area contributed by atoms with Gasteiger partial charge < -0.3 is 5.73 Å². The van der Waals surface area contributed by atoms with Crippen molar-refractivity contribution in [1.29, 1.82) is 0 Å². The van der Waals surface area contributed by atoms with Crippen LogP contribution in [-0.4, -0.2) is 11.9 Å². The molecule has 1 amide bonds. The van der Waals surface area contributed by atoms with Crippen LogP contribution in [0.4, 0.5) is 0 Å². The lowest BCUT2D eigenvalue weighted by Gasteiger charge is -2.25. The summed E-state index contributed by atoms with van der Waals surface area (Å²) in [5.74, 6) is -0.417. The Balaban J connectivity index is 2.37.